The van der Waals surface area contributed by atoms with Crippen LogP contribution in [0.3, 0.4) is 0 Å². The van der Waals surface area contributed by atoms with Crippen LogP contribution in [0, 0.1) is 6.92 Å². The monoisotopic (exact) mass is 382 g/mol. The number of hydrogen-bond donors (Lipinski definition) is 1. The standard InChI is InChI=1S/C23H30N2O3/c1-6-28-21-13-12-17(4)14-20(21)18(5)24-22(26)23(27)25(16(2)3)15-19-10-8-7-9-11-19/h7-14,16,18H,6,15H2,1-5H3,(H,24,26). The van der Waals surface area contributed by atoms with E-state index in [2.05, 4.69) is 5.32 Å². The van der Waals surface area contributed by atoms with Crippen molar-refractivity contribution in [1.82, 2.24) is 10.2 Å². The third-order valence-electron chi connectivity index (χ3n) is 4.55. The normalized spacial score (nSPS) is 11.8. The van der Waals surface area contributed by atoms with Crippen molar-refractivity contribution in [2.45, 2.75) is 53.2 Å². The minimum Gasteiger partial charge on any atom is -0.494 e. The van der Waals surface area contributed by atoms with Gasteiger partial charge in [0.25, 0.3) is 0 Å². The lowest BCUT2D eigenvalue weighted by Gasteiger charge is -2.27. The second-order valence-electron chi connectivity index (χ2n) is 7.18. The average molecular weight is 383 g/mol. The Morgan fingerprint density at radius 2 is 1.75 bits per heavy atom. The van der Waals surface area contributed by atoms with E-state index in [4.69, 9.17) is 4.74 Å². The number of nitrogens with zero attached hydrogens (tertiary/aromatic N) is 1. The molecule has 0 saturated carbocycles. The minimum absolute atomic E-state index is 0.0910. The summed E-state index contributed by atoms with van der Waals surface area (Å²) in [5.41, 5.74) is 2.92. The van der Waals surface area contributed by atoms with Gasteiger partial charge in [0.1, 0.15) is 5.75 Å². The van der Waals surface area contributed by atoms with Gasteiger partial charge in [-0.25, -0.2) is 0 Å². The van der Waals surface area contributed by atoms with Crippen LogP contribution in [0.1, 0.15) is 50.4 Å². The van der Waals surface area contributed by atoms with Crippen molar-refractivity contribution in [3.8, 4) is 5.75 Å². The smallest absolute Gasteiger partial charge is 0.312 e. The van der Waals surface area contributed by atoms with Gasteiger partial charge in [0.15, 0.2) is 0 Å². The lowest BCUT2D eigenvalue weighted by molar-refractivity contribution is -0.147. The summed E-state index contributed by atoms with van der Waals surface area (Å²) in [6, 6.07) is 15.1. The third kappa shape index (κ3) is 5.59. The molecule has 0 spiro atoms. The second kappa shape index (κ2) is 9.93. The number of benzene rings is 2. The van der Waals surface area contributed by atoms with Gasteiger partial charge < -0.3 is 15.0 Å². The molecule has 0 aliphatic heterocycles. The van der Waals surface area contributed by atoms with Crippen molar-refractivity contribution >= 4 is 11.8 Å². The molecule has 1 atom stereocenters. The topological polar surface area (TPSA) is 58.6 Å². The summed E-state index contributed by atoms with van der Waals surface area (Å²) in [7, 11) is 0. The van der Waals surface area contributed by atoms with E-state index in [-0.39, 0.29) is 12.1 Å². The van der Waals surface area contributed by atoms with Gasteiger partial charge in [-0.3, -0.25) is 9.59 Å². The Hall–Kier alpha value is -2.82. The van der Waals surface area contributed by atoms with Crippen molar-refractivity contribution in [2.75, 3.05) is 6.61 Å². The first kappa shape index (κ1) is 21.5. The van der Waals surface area contributed by atoms with Crippen LogP contribution < -0.4 is 10.1 Å². The average Bonchev–Trinajstić information content (AvgIpc) is 2.67. The maximum Gasteiger partial charge on any atom is 0.312 e. The van der Waals surface area contributed by atoms with Gasteiger partial charge in [-0.05, 0) is 46.2 Å². The van der Waals surface area contributed by atoms with E-state index in [1.54, 1.807) is 4.90 Å². The van der Waals surface area contributed by atoms with Crippen LogP contribution in [-0.2, 0) is 16.1 Å². The fourth-order valence-electron chi connectivity index (χ4n) is 3.03. The number of carbonyl (C=O) groups excluding carboxylic acids is 2. The van der Waals surface area contributed by atoms with Crippen molar-refractivity contribution < 1.29 is 14.3 Å². The first-order valence-corrected chi connectivity index (χ1v) is 9.72. The van der Waals surface area contributed by atoms with Gasteiger partial charge in [-0.2, -0.15) is 0 Å². The zero-order chi connectivity index (χ0) is 20.7. The number of hydrogen-bond acceptors (Lipinski definition) is 3. The molecule has 5 nitrogen and oxygen atoms in total. The zero-order valence-corrected chi connectivity index (χ0v) is 17.4. The van der Waals surface area contributed by atoms with Gasteiger partial charge in [-0.1, -0.05) is 48.0 Å². The van der Waals surface area contributed by atoms with E-state index in [1.807, 2.05) is 83.1 Å². The highest BCUT2D eigenvalue weighted by atomic mass is 16.5. The van der Waals surface area contributed by atoms with Gasteiger partial charge in [0.05, 0.1) is 12.6 Å². The molecule has 2 aromatic carbocycles. The lowest BCUT2D eigenvalue weighted by Crippen LogP contribution is -2.46. The Morgan fingerprint density at radius 1 is 1.07 bits per heavy atom. The zero-order valence-electron chi connectivity index (χ0n) is 17.4. The molecule has 1 N–H and O–H groups in total. The molecular weight excluding hydrogens is 352 g/mol. The Balaban J connectivity index is 2.13. The van der Waals surface area contributed by atoms with E-state index in [9.17, 15) is 9.59 Å². The minimum atomic E-state index is -0.610. The van der Waals surface area contributed by atoms with E-state index in [0.717, 1.165) is 22.4 Å². The van der Waals surface area contributed by atoms with Crippen molar-refractivity contribution in [3.63, 3.8) is 0 Å². The number of rotatable bonds is 7. The van der Waals surface area contributed by atoms with Gasteiger partial charge in [0, 0.05) is 18.2 Å². The van der Waals surface area contributed by atoms with Crippen LogP contribution >= 0.6 is 0 Å². The molecule has 0 aliphatic rings. The highest BCUT2D eigenvalue weighted by Gasteiger charge is 2.26. The summed E-state index contributed by atoms with van der Waals surface area (Å²) in [4.78, 5) is 27.1. The van der Waals surface area contributed by atoms with Crippen molar-refractivity contribution in [1.29, 1.82) is 0 Å². The first-order chi connectivity index (χ1) is 13.3. The van der Waals surface area contributed by atoms with E-state index >= 15 is 0 Å². The summed E-state index contributed by atoms with van der Waals surface area (Å²) >= 11 is 0. The Morgan fingerprint density at radius 3 is 2.36 bits per heavy atom. The Kier molecular flexibility index (Phi) is 7.61. The molecular formula is C23H30N2O3. The van der Waals surface area contributed by atoms with E-state index in [0.29, 0.717) is 13.2 Å². The van der Waals surface area contributed by atoms with Crippen LogP contribution in [0.5, 0.6) is 5.75 Å². The van der Waals surface area contributed by atoms with Crippen LogP contribution in [0.4, 0.5) is 0 Å². The third-order valence-corrected chi connectivity index (χ3v) is 4.55. The van der Waals surface area contributed by atoms with Crippen LogP contribution in [-0.4, -0.2) is 29.4 Å². The number of nitrogens with one attached hydrogen (secondary N) is 1. The molecule has 0 aromatic heterocycles. The Labute approximate surface area is 167 Å². The summed E-state index contributed by atoms with van der Waals surface area (Å²) in [5, 5.41) is 2.83. The van der Waals surface area contributed by atoms with Crippen molar-refractivity contribution in [2.24, 2.45) is 0 Å². The van der Waals surface area contributed by atoms with E-state index in [1.165, 1.54) is 0 Å². The molecule has 0 saturated heterocycles. The number of amides is 2. The van der Waals surface area contributed by atoms with Crippen LogP contribution in [0.25, 0.3) is 0 Å². The maximum absolute atomic E-state index is 12.8. The summed E-state index contributed by atoms with van der Waals surface area (Å²) in [5.74, 6) is -0.421. The SMILES string of the molecule is CCOc1ccc(C)cc1C(C)NC(=O)C(=O)N(Cc1ccccc1)C(C)C. The number of ether oxygens (including phenoxy) is 1. The lowest BCUT2D eigenvalue weighted by atomic mass is 10.0. The molecule has 28 heavy (non-hydrogen) atoms. The molecule has 0 radical (unpaired) electrons. The molecule has 0 aliphatic carbocycles. The molecule has 2 rings (SSSR count). The Bertz CT molecular complexity index is 803. The molecule has 5 heteroatoms. The van der Waals surface area contributed by atoms with Crippen LogP contribution in [0.15, 0.2) is 48.5 Å². The predicted molar refractivity (Wildman–Crippen MR) is 111 cm³/mol. The van der Waals surface area contributed by atoms with Gasteiger partial charge >= 0.3 is 11.8 Å². The largest absolute Gasteiger partial charge is 0.494 e. The van der Waals surface area contributed by atoms with E-state index < -0.39 is 11.8 Å². The quantitative estimate of drug-likeness (QED) is 0.736. The molecule has 0 heterocycles. The molecule has 2 amide bonds. The summed E-state index contributed by atoms with van der Waals surface area (Å²) < 4.78 is 5.67. The predicted octanol–water partition coefficient (Wildman–Crippen LogP) is 4.01. The van der Waals surface area contributed by atoms with Gasteiger partial charge in [0.2, 0.25) is 0 Å². The fraction of sp³-hybridized carbons (Fsp3) is 0.391. The maximum atomic E-state index is 12.8. The van der Waals surface area contributed by atoms with Crippen molar-refractivity contribution in [3.05, 3.63) is 65.2 Å². The summed E-state index contributed by atoms with van der Waals surface area (Å²) in [6.45, 7) is 10.5. The highest BCUT2D eigenvalue weighted by molar-refractivity contribution is 6.35. The summed E-state index contributed by atoms with van der Waals surface area (Å²) in [6.07, 6.45) is 0. The number of carbonyl (C=O) groups is 2. The second-order valence-corrected chi connectivity index (χ2v) is 7.18. The molecule has 1 unspecified atom stereocenters. The number of aryl methyl sites for hydroxylation is 1. The van der Waals surface area contributed by atoms with Crippen LogP contribution in [0.2, 0.25) is 0 Å². The molecule has 2 aromatic rings. The molecule has 0 bridgehead atoms. The van der Waals surface area contributed by atoms with Gasteiger partial charge in [-0.15, -0.1) is 0 Å². The highest BCUT2D eigenvalue weighted by Crippen LogP contribution is 2.26. The fourth-order valence-corrected chi connectivity index (χ4v) is 3.03. The first-order valence-electron chi connectivity index (χ1n) is 9.72. The molecule has 0 fully saturated rings. The molecule has 150 valence electrons.